The van der Waals surface area contributed by atoms with E-state index >= 15 is 0 Å². The van der Waals surface area contributed by atoms with E-state index in [0.717, 1.165) is 6.54 Å². The van der Waals surface area contributed by atoms with Crippen LogP contribution >= 0.6 is 11.6 Å². The van der Waals surface area contributed by atoms with E-state index in [2.05, 4.69) is 40.0 Å². The minimum absolute atomic E-state index is 0.190. The Morgan fingerprint density at radius 2 is 1.72 bits per heavy atom. The zero-order chi connectivity index (χ0) is 20.9. The second-order valence-corrected chi connectivity index (χ2v) is 7.13. The molecule has 0 radical (unpaired) electrons. The van der Waals surface area contributed by atoms with Crippen molar-refractivity contribution in [1.82, 2.24) is 16.0 Å². The molecule has 1 atom stereocenters. The standard InChI is InChI=1S/C22H29ClN4O2/c1-17(15-29-16-18-8-4-3-5-9-18)14-27-22(24-2)26-13-12-25-21(28)19-10-6-7-11-20(19)23/h3-11,17H,12-16H2,1-2H3,(H,25,28)(H2,24,26,27). The molecule has 1 amide bonds. The lowest BCUT2D eigenvalue weighted by atomic mass is 10.2. The number of nitrogens with zero attached hydrogens (tertiary/aromatic N) is 1. The molecule has 2 rings (SSSR count). The number of benzene rings is 2. The van der Waals surface area contributed by atoms with Gasteiger partial charge < -0.3 is 20.7 Å². The van der Waals surface area contributed by atoms with Crippen LogP contribution in [-0.4, -0.2) is 45.2 Å². The van der Waals surface area contributed by atoms with E-state index < -0.39 is 0 Å². The fourth-order valence-corrected chi connectivity index (χ4v) is 2.82. The third-order valence-electron chi connectivity index (χ3n) is 4.18. The number of nitrogens with one attached hydrogen (secondary N) is 3. The Labute approximate surface area is 177 Å². The van der Waals surface area contributed by atoms with E-state index in [1.165, 1.54) is 5.56 Å². The molecule has 7 heteroatoms. The fraction of sp³-hybridized carbons (Fsp3) is 0.364. The van der Waals surface area contributed by atoms with Gasteiger partial charge in [-0.05, 0) is 23.6 Å². The van der Waals surface area contributed by atoms with Crippen LogP contribution in [0.15, 0.2) is 59.6 Å². The van der Waals surface area contributed by atoms with Gasteiger partial charge in [-0.3, -0.25) is 9.79 Å². The summed E-state index contributed by atoms with van der Waals surface area (Å²) in [5.41, 5.74) is 1.64. The Hall–Kier alpha value is -2.57. The van der Waals surface area contributed by atoms with Gasteiger partial charge in [0.2, 0.25) is 0 Å². The molecule has 1 unspecified atom stereocenters. The number of rotatable bonds is 10. The number of ether oxygens (including phenoxy) is 1. The summed E-state index contributed by atoms with van der Waals surface area (Å²) < 4.78 is 5.77. The van der Waals surface area contributed by atoms with E-state index in [0.29, 0.717) is 48.8 Å². The lowest BCUT2D eigenvalue weighted by Crippen LogP contribution is -2.43. The molecule has 0 saturated heterocycles. The van der Waals surface area contributed by atoms with Crippen molar-refractivity contribution in [2.75, 3.05) is 33.3 Å². The van der Waals surface area contributed by atoms with Gasteiger partial charge in [-0.25, -0.2) is 0 Å². The molecule has 0 spiro atoms. The summed E-state index contributed by atoms with van der Waals surface area (Å²) in [5, 5.41) is 9.73. The molecule has 0 heterocycles. The molecule has 29 heavy (non-hydrogen) atoms. The van der Waals surface area contributed by atoms with Gasteiger partial charge in [-0.2, -0.15) is 0 Å². The van der Waals surface area contributed by atoms with E-state index in [-0.39, 0.29) is 5.91 Å². The van der Waals surface area contributed by atoms with Gasteiger partial charge >= 0.3 is 0 Å². The van der Waals surface area contributed by atoms with Crippen LogP contribution < -0.4 is 16.0 Å². The normalized spacial score (nSPS) is 12.3. The van der Waals surface area contributed by atoms with Crippen LogP contribution in [0.25, 0.3) is 0 Å². The third-order valence-corrected chi connectivity index (χ3v) is 4.51. The first-order valence-electron chi connectivity index (χ1n) is 9.69. The first kappa shape index (κ1) is 22.7. The molecule has 0 aliphatic rings. The van der Waals surface area contributed by atoms with E-state index in [1.807, 2.05) is 18.2 Å². The number of hydrogen-bond donors (Lipinski definition) is 3. The van der Waals surface area contributed by atoms with Crippen LogP contribution in [0.3, 0.4) is 0 Å². The van der Waals surface area contributed by atoms with Gasteiger partial charge in [0.25, 0.3) is 5.91 Å². The molecule has 0 saturated carbocycles. The number of amides is 1. The monoisotopic (exact) mass is 416 g/mol. The quantitative estimate of drug-likeness (QED) is 0.316. The molecule has 0 aromatic heterocycles. The van der Waals surface area contributed by atoms with Crippen LogP contribution in [0.5, 0.6) is 0 Å². The van der Waals surface area contributed by atoms with Crippen LogP contribution in [0.1, 0.15) is 22.8 Å². The Morgan fingerprint density at radius 1 is 1.03 bits per heavy atom. The Bertz CT molecular complexity index is 783. The number of aliphatic imine (C=N–C) groups is 1. The number of guanidine groups is 1. The van der Waals surface area contributed by atoms with E-state index in [9.17, 15) is 4.79 Å². The maximum Gasteiger partial charge on any atom is 0.252 e. The Balaban J connectivity index is 1.59. The SMILES string of the molecule is CN=C(NCCNC(=O)c1ccccc1Cl)NCC(C)COCc1ccccc1. The van der Waals surface area contributed by atoms with Crippen molar-refractivity contribution in [1.29, 1.82) is 0 Å². The summed E-state index contributed by atoms with van der Waals surface area (Å²) in [6.45, 7) is 5.14. The van der Waals surface area contributed by atoms with Crippen molar-refractivity contribution in [3.8, 4) is 0 Å². The zero-order valence-corrected chi connectivity index (χ0v) is 17.7. The molecule has 2 aromatic rings. The highest BCUT2D eigenvalue weighted by Gasteiger charge is 2.09. The van der Waals surface area contributed by atoms with Gasteiger partial charge in [-0.1, -0.05) is 61.0 Å². The highest BCUT2D eigenvalue weighted by molar-refractivity contribution is 6.33. The second-order valence-electron chi connectivity index (χ2n) is 6.72. The highest BCUT2D eigenvalue weighted by Crippen LogP contribution is 2.14. The van der Waals surface area contributed by atoms with Gasteiger partial charge in [0.1, 0.15) is 0 Å². The summed E-state index contributed by atoms with van der Waals surface area (Å²) in [4.78, 5) is 16.3. The third kappa shape index (κ3) is 8.54. The second kappa shape index (κ2) is 12.8. The minimum atomic E-state index is -0.190. The molecular weight excluding hydrogens is 388 g/mol. The summed E-state index contributed by atoms with van der Waals surface area (Å²) in [5.74, 6) is 0.827. The van der Waals surface area contributed by atoms with E-state index in [1.54, 1.807) is 31.3 Å². The number of carbonyl (C=O) groups is 1. The molecular formula is C22H29ClN4O2. The van der Waals surface area contributed by atoms with Crippen LogP contribution in [0, 0.1) is 5.92 Å². The maximum atomic E-state index is 12.1. The average molecular weight is 417 g/mol. The summed E-state index contributed by atoms with van der Waals surface area (Å²) in [6, 6.07) is 17.1. The van der Waals surface area contributed by atoms with E-state index in [4.69, 9.17) is 16.3 Å². The van der Waals surface area contributed by atoms with Crippen molar-refractivity contribution >= 4 is 23.5 Å². The highest BCUT2D eigenvalue weighted by atomic mass is 35.5. The Kier molecular flexibility index (Phi) is 10.0. The number of carbonyl (C=O) groups excluding carboxylic acids is 1. The van der Waals surface area contributed by atoms with Crippen molar-refractivity contribution in [3.05, 3.63) is 70.7 Å². The molecule has 0 aliphatic heterocycles. The van der Waals surface area contributed by atoms with Crippen molar-refractivity contribution < 1.29 is 9.53 Å². The molecule has 2 aromatic carbocycles. The van der Waals surface area contributed by atoms with Gasteiger partial charge in [-0.15, -0.1) is 0 Å². The van der Waals surface area contributed by atoms with Crippen molar-refractivity contribution in [2.24, 2.45) is 10.9 Å². The predicted molar refractivity (Wildman–Crippen MR) is 118 cm³/mol. The summed E-state index contributed by atoms with van der Waals surface area (Å²) >= 11 is 6.03. The molecule has 6 nitrogen and oxygen atoms in total. The minimum Gasteiger partial charge on any atom is -0.376 e. The molecule has 0 bridgehead atoms. The average Bonchev–Trinajstić information content (AvgIpc) is 2.74. The smallest absolute Gasteiger partial charge is 0.252 e. The van der Waals surface area contributed by atoms with Gasteiger partial charge in [0, 0.05) is 26.7 Å². The topological polar surface area (TPSA) is 74.8 Å². The van der Waals surface area contributed by atoms with Crippen molar-refractivity contribution in [2.45, 2.75) is 13.5 Å². The largest absolute Gasteiger partial charge is 0.376 e. The summed E-state index contributed by atoms with van der Waals surface area (Å²) in [7, 11) is 1.72. The summed E-state index contributed by atoms with van der Waals surface area (Å²) in [6.07, 6.45) is 0. The lowest BCUT2D eigenvalue weighted by molar-refractivity contribution is 0.0930. The van der Waals surface area contributed by atoms with Gasteiger partial charge in [0.05, 0.1) is 23.8 Å². The first-order valence-corrected chi connectivity index (χ1v) is 10.1. The fourth-order valence-electron chi connectivity index (χ4n) is 2.60. The van der Waals surface area contributed by atoms with Crippen LogP contribution in [0.4, 0.5) is 0 Å². The molecule has 0 aliphatic carbocycles. The molecule has 3 N–H and O–H groups in total. The Morgan fingerprint density at radius 3 is 2.45 bits per heavy atom. The van der Waals surface area contributed by atoms with Crippen molar-refractivity contribution in [3.63, 3.8) is 0 Å². The molecule has 0 fully saturated rings. The predicted octanol–water partition coefficient (Wildman–Crippen LogP) is 3.09. The lowest BCUT2D eigenvalue weighted by Gasteiger charge is -2.16. The van der Waals surface area contributed by atoms with Crippen LogP contribution in [-0.2, 0) is 11.3 Å². The number of halogens is 1. The number of hydrogen-bond acceptors (Lipinski definition) is 3. The molecule has 156 valence electrons. The zero-order valence-electron chi connectivity index (χ0n) is 17.0. The first-order chi connectivity index (χ1) is 14.1. The van der Waals surface area contributed by atoms with Crippen LogP contribution in [0.2, 0.25) is 5.02 Å². The maximum absolute atomic E-state index is 12.1. The van der Waals surface area contributed by atoms with Gasteiger partial charge in [0.15, 0.2) is 5.96 Å².